The molecule has 4 rings (SSSR count). The maximum atomic E-state index is 5.76. The summed E-state index contributed by atoms with van der Waals surface area (Å²) in [7, 11) is 3.20. The average molecular weight is 451 g/mol. The van der Waals surface area contributed by atoms with E-state index >= 15 is 0 Å². The van der Waals surface area contributed by atoms with Gasteiger partial charge < -0.3 is 24.2 Å². The van der Waals surface area contributed by atoms with Gasteiger partial charge in [-0.05, 0) is 56.8 Å². The molecule has 0 amide bonds. The van der Waals surface area contributed by atoms with Gasteiger partial charge in [0.05, 0.1) is 25.8 Å². The molecule has 1 aromatic heterocycles. The first kappa shape index (κ1) is 21.8. The summed E-state index contributed by atoms with van der Waals surface area (Å²) in [4.78, 5) is 6.77. The average Bonchev–Trinajstić information content (AvgIpc) is 3.28. The molecule has 0 radical (unpaired) electrons. The molecular weight excluding hydrogens is 424 g/mol. The van der Waals surface area contributed by atoms with Crippen molar-refractivity contribution in [2.45, 2.75) is 26.8 Å². The van der Waals surface area contributed by atoms with Crippen molar-refractivity contribution in [2.24, 2.45) is 0 Å². The predicted octanol–water partition coefficient (Wildman–Crippen LogP) is 4.74. The normalized spacial score (nSPS) is 16.2. The zero-order valence-electron chi connectivity index (χ0n) is 18.8. The monoisotopic (exact) mass is 450 g/mol. The van der Waals surface area contributed by atoms with Crippen LogP contribution < -0.4 is 14.8 Å². The van der Waals surface area contributed by atoms with Crippen LogP contribution in [0.3, 0.4) is 0 Å². The van der Waals surface area contributed by atoms with Gasteiger partial charge in [0.1, 0.15) is 0 Å². The molecule has 0 spiro atoms. The lowest BCUT2D eigenvalue weighted by molar-refractivity contribution is 0.355. The topological polar surface area (TPSA) is 72.7 Å². The highest BCUT2D eigenvalue weighted by Gasteiger charge is 2.33. The minimum atomic E-state index is -0.190. The zero-order valence-corrected chi connectivity index (χ0v) is 19.6. The van der Waals surface area contributed by atoms with E-state index in [0.717, 1.165) is 28.9 Å². The molecule has 0 bridgehead atoms. The number of hydrogen-bond acceptors (Lipinski definition) is 6. The summed E-state index contributed by atoms with van der Waals surface area (Å²) >= 11 is 5.63. The lowest BCUT2D eigenvalue weighted by atomic mass is 9.94. The highest BCUT2D eigenvalue weighted by molar-refractivity contribution is 7.80. The third-order valence-corrected chi connectivity index (χ3v) is 5.96. The summed E-state index contributed by atoms with van der Waals surface area (Å²) in [5.41, 5.74) is 4.94. The lowest BCUT2D eigenvalue weighted by Crippen LogP contribution is -2.45. The van der Waals surface area contributed by atoms with Gasteiger partial charge in [-0.15, -0.1) is 0 Å². The van der Waals surface area contributed by atoms with Crippen LogP contribution in [0.5, 0.6) is 11.5 Å². The van der Waals surface area contributed by atoms with E-state index in [4.69, 9.17) is 31.2 Å². The molecule has 2 aromatic carbocycles. The number of rotatable bonds is 6. The van der Waals surface area contributed by atoms with E-state index in [1.165, 1.54) is 5.56 Å². The van der Waals surface area contributed by atoms with Crippen LogP contribution in [0.15, 0.2) is 52.7 Å². The fraction of sp³-hybridized carbons (Fsp3) is 0.292. The van der Waals surface area contributed by atoms with Gasteiger partial charge in [0, 0.05) is 17.8 Å². The molecule has 1 unspecified atom stereocenters. The van der Waals surface area contributed by atoms with Gasteiger partial charge in [0.2, 0.25) is 5.82 Å². The molecule has 166 valence electrons. The molecule has 1 N–H and O–H groups in total. The number of allylic oxidation sites excluding steroid dienone is 1. The van der Waals surface area contributed by atoms with Gasteiger partial charge in [-0.1, -0.05) is 35.0 Å². The van der Waals surface area contributed by atoms with E-state index in [0.29, 0.717) is 28.3 Å². The molecule has 32 heavy (non-hydrogen) atoms. The second-order valence-electron chi connectivity index (χ2n) is 7.53. The second kappa shape index (κ2) is 9.00. The van der Waals surface area contributed by atoms with Gasteiger partial charge in [-0.2, -0.15) is 4.98 Å². The lowest BCUT2D eigenvalue weighted by Gasteiger charge is -2.36. The van der Waals surface area contributed by atoms with E-state index in [1.807, 2.05) is 30.0 Å². The summed E-state index contributed by atoms with van der Waals surface area (Å²) < 4.78 is 16.5. The molecule has 0 saturated carbocycles. The van der Waals surface area contributed by atoms with Gasteiger partial charge in [-0.25, -0.2) is 0 Å². The first-order chi connectivity index (χ1) is 15.5. The predicted molar refractivity (Wildman–Crippen MR) is 127 cm³/mol. The number of ether oxygens (including phenoxy) is 2. The molecule has 1 aliphatic rings. The molecule has 7 nitrogen and oxygen atoms in total. The Morgan fingerprint density at radius 2 is 1.78 bits per heavy atom. The van der Waals surface area contributed by atoms with Crippen LogP contribution in [0.2, 0.25) is 0 Å². The molecular formula is C24H26N4O3S. The van der Waals surface area contributed by atoms with Crippen molar-refractivity contribution in [3.63, 3.8) is 0 Å². The SMILES string of the molecule is CCN1C(=S)NC(c2ccc(C)cc2)C(c2nc(-c3ccc(OC)c(OC)c3)no2)=C1C. The standard InChI is InChI=1S/C24H26N4O3S/c1-6-28-15(3)20(21(25-24(28)32)16-9-7-14(2)8-10-16)23-26-22(27-31-23)17-11-12-18(29-4)19(13-17)30-5/h7-13,21H,6H2,1-5H3,(H,25,32). The van der Waals surface area contributed by atoms with Crippen molar-refractivity contribution in [1.82, 2.24) is 20.4 Å². The Balaban J connectivity index is 1.79. The Kier molecular flexibility index (Phi) is 6.14. The number of thiocarbonyl (C=S) groups is 1. The summed E-state index contributed by atoms with van der Waals surface area (Å²) in [6.45, 7) is 6.90. The van der Waals surface area contributed by atoms with Crippen LogP contribution in [0, 0.1) is 6.92 Å². The summed E-state index contributed by atoms with van der Waals surface area (Å²) in [5, 5.41) is 8.37. The molecule has 0 fully saturated rings. The Hall–Kier alpha value is -3.39. The van der Waals surface area contributed by atoms with Crippen molar-refractivity contribution < 1.29 is 14.0 Å². The largest absolute Gasteiger partial charge is 0.493 e. The molecule has 2 heterocycles. The first-order valence-corrected chi connectivity index (χ1v) is 10.8. The van der Waals surface area contributed by atoms with E-state index in [2.05, 4.69) is 48.6 Å². The Morgan fingerprint density at radius 1 is 1.06 bits per heavy atom. The van der Waals surface area contributed by atoms with E-state index in [-0.39, 0.29) is 6.04 Å². The van der Waals surface area contributed by atoms with E-state index in [1.54, 1.807) is 14.2 Å². The van der Waals surface area contributed by atoms with E-state index < -0.39 is 0 Å². The van der Waals surface area contributed by atoms with Crippen LogP contribution >= 0.6 is 12.2 Å². The van der Waals surface area contributed by atoms with Crippen LogP contribution in [0.25, 0.3) is 17.0 Å². The number of methoxy groups -OCH3 is 2. The zero-order chi connectivity index (χ0) is 22.8. The molecule has 1 aliphatic heterocycles. The van der Waals surface area contributed by atoms with Gasteiger partial charge in [0.25, 0.3) is 5.89 Å². The van der Waals surface area contributed by atoms with Crippen LogP contribution in [0.1, 0.15) is 36.9 Å². The minimum Gasteiger partial charge on any atom is -0.493 e. The van der Waals surface area contributed by atoms with Crippen LogP contribution in [-0.2, 0) is 0 Å². The quantitative estimate of drug-likeness (QED) is 0.540. The summed E-state index contributed by atoms with van der Waals surface area (Å²) in [6, 6.07) is 13.7. The third-order valence-electron chi connectivity index (χ3n) is 5.62. The van der Waals surface area contributed by atoms with Crippen molar-refractivity contribution in [2.75, 3.05) is 20.8 Å². The van der Waals surface area contributed by atoms with E-state index in [9.17, 15) is 0 Å². The minimum absolute atomic E-state index is 0.190. The van der Waals surface area contributed by atoms with Crippen molar-refractivity contribution in [3.8, 4) is 22.9 Å². The molecule has 0 aliphatic carbocycles. The van der Waals surface area contributed by atoms with Crippen LogP contribution in [-0.4, -0.2) is 40.9 Å². The third kappa shape index (κ3) is 3.93. The fourth-order valence-electron chi connectivity index (χ4n) is 3.87. The second-order valence-corrected chi connectivity index (χ2v) is 7.92. The Morgan fingerprint density at radius 3 is 2.44 bits per heavy atom. The number of benzene rings is 2. The van der Waals surface area contributed by atoms with Crippen molar-refractivity contribution >= 4 is 22.9 Å². The van der Waals surface area contributed by atoms with Gasteiger partial charge >= 0.3 is 0 Å². The highest BCUT2D eigenvalue weighted by Crippen LogP contribution is 2.38. The molecule has 3 aromatic rings. The smallest absolute Gasteiger partial charge is 0.258 e. The highest BCUT2D eigenvalue weighted by atomic mass is 32.1. The van der Waals surface area contributed by atoms with Gasteiger partial charge in [0.15, 0.2) is 16.6 Å². The maximum Gasteiger partial charge on any atom is 0.258 e. The number of hydrogen-bond donors (Lipinski definition) is 1. The first-order valence-electron chi connectivity index (χ1n) is 10.4. The molecule has 1 atom stereocenters. The van der Waals surface area contributed by atoms with Gasteiger partial charge in [-0.3, -0.25) is 0 Å². The van der Waals surface area contributed by atoms with Crippen molar-refractivity contribution in [3.05, 3.63) is 65.2 Å². The number of nitrogens with zero attached hydrogens (tertiary/aromatic N) is 3. The number of aryl methyl sites for hydroxylation is 1. The number of nitrogens with one attached hydrogen (secondary N) is 1. The summed E-state index contributed by atoms with van der Waals surface area (Å²) in [6.07, 6.45) is 0. The maximum absolute atomic E-state index is 5.76. The molecule has 0 saturated heterocycles. The molecule has 8 heteroatoms. The number of aromatic nitrogens is 2. The summed E-state index contributed by atoms with van der Waals surface area (Å²) in [5.74, 6) is 2.17. The Labute approximate surface area is 193 Å². The van der Waals surface area contributed by atoms with Crippen LogP contribution in [0.4, 0.5) is 0 Å². The van der Waals surface area contributed by atoms with Crippen molar-refractivity contribution in [1.29, 1.82) is 0 Å². The Bertz CT molecular complexity index is 1170. The fourth-order valence-corrected chi connectivity index (χ4v) is 4.26.